The van der Waals surface area contributed by atoms with Gasteiger partial charge in [-0.15, -0.1) is 0 Å². The molecule has 2 fully saturated rings. The van der Waals surface area contributed by atoms with Crippen LogP contribution < -0.4 is 0 Å². The van der Waals surface area contributed by atoms with Gasteiger partial charge in [-0.05, 0) is 43.4 Å². The zero-order valence-corrected chi connectivity index (χ0v) is 13.0. The van der Waals surface area contributed by atoms with Gasteiger partial charge in [-0.1, -0.05) is 31.4 Å². The lowest BCUT2D eigenvalue weighted by molar-refractivity contribution is -0.140. The maximum atomic E-state index is 13.3. The molecule has 3 rings (SSSR count). The van der Waals surface area contributed by atoms with Crippen LogP contribution in [-0.2, 0) is 16.1 Å². The summed E-state index contributed by atoms with van der Waals surface area (Å²) in [6.45, 7) is 0.645. The lowest BCUT2D eigenvalue weighted by Gasteiger charge is -2.26. The molecule has 0 unspecified atom stereocenters. The molecular weight excluding hydrogens is 281 g/mol. The maximum Gasteiger partial charge on any atom is 0.249 e. The number of hydrogen-bond donors (Lipinski definition) is 0. The molecule has 0 spiro atoms. The van der Waals surface area contributed by atoms with E-state index in [4.69, 9.17) is 4.74 Å². The van der Waals surface area contributed by atoms with Crippen LogP contribution in [0.4, 0.5) is 4.39 Å². The van der Waals surface area contributed by atoms with Crippen LogP contribution in [0.1, 0.15) is 50.5 Å². The fraction of sp³-hybridized carbons (Fsp3) is 0.611. The van der Waals surface area contributed by atoms with Crippen molar-refractivity contribution in [2.75, 3.05) is 6.61 Å². The highest BCUT2D eigenvalue weighted by atomic mass is 19.1. The van der Waals surface area contributed by atoms with Crippen molar-refractivity contribution in [1.82, 2.24) is 4.90 Å². The Hall–Kier alpha value is -1.42. The summed E-state index contributed by atoms with van der Waals surface area (Å²) in [5, 5.41) is 0. The van der Waals surface area contributed by atoms with Gasteiger partial charge in [-0.25, -0.2) is 4.39 Å². The number of ether oxygens (including phenoxy) is 1. The van der Waals surface area contributed by atoms with Crippen LogP contribution in [0.3, 0.4) is 0 Å². The van der Waals surface area contributed by atoms with Crippen molar-refractivity contribution in [3.63, 3.8) is 0 Å². The van der Waals surface area contributed by atoms with Gasteiger partial charge < -0.3 is 9.64 Å². The highest BCUT2D eigenvalue weighted by molar-refractivity contribution is 5.78. The molecule has 4 heteroatoms. The second kappa shape index (κ2) is 7.23. The van der Waals surface area contributed by atoms with E-state index in [-0.39, 0.29) is 24.4 Å². The highest BCUT2D eigenvalue weighted by Crippen LogP contribution is 2.29. The van der Waals surface area contributed by atoms with Gasteiger partial charge in [0.2, 0.25) is 5.91 Å². The van der Waals surface area contributed by atoms with Crippen LogP contribution in [0.15, 0.2) is 24.3 Å². The number of amides is 1. The van der Waals surface area contributed by atoms with Crippen molar-refractivity contribution < 1.29 is 13.9 Å². The van der Waals surface area contributed by atoms with Crippen LogP contribution in [0.2, 0.25) is 0 Å². The van der Waals surface area contributed by atoms with Crippen molar-refractivity contribution in [3.05, 3.63) is 35.6 Å². The number of hydrogen-bond acceptors (Lipinski definition) is 2. The lowest BCUT2D eigenvalue weighted by atomic mass is 9.98. The van der Waals surface area contributed by atoms with Gasteiger partial charge in [-0.2, -0.15) is 0 Å². The van der Waals surface area contributed by atoms with E-state index < -0.39 is 0 Å². The molecule has 0 aliphatic heterocycles. The first kappa shape index (κ1) is 15.5. The maximum absolute atomic E-state index is 13.3. The van der Waals surface area contributed by atoms with E-state index in [1.54, 1.807) is 6.07 Å². The minimum absolute atomic E-state index is 0.0392. The number of carbonyl (C=O) groups is 1. The van der Waals surface area contributed by atoms with E-state index in [0.29, 0.717) is 12.6 Å². The van der Waals surface area contributed by atoms with E-state index in [1.165, 1.54) is 31.4 Å². The molecule has 0 N–H and O–H groups in total. The third kappa shape index (κ3) is 4.29. The van der Waals surface area contributed by atoms with Crippen LogP contribution >= 0.6 is 0 Å². The van der Waals surface area contributed by atoms with Gasteiger partial charge in [0.1, 0.15) is 12.4 Å². The molecule has 0 atom stereocenters. The van der Waals surface area contributed by atoms with Gasteiger partial charge in [0.15, 0.2) is 0 Å². The summed E-state index contributed by atoms with van der Waals surface area (Å²) in [5.41, 5.74) is 0.845. The SMILES string of the molecule is O=C(COC1CCCCC1)N(Cc1cccc(F)c1)C1CC1. The number of benzene rings is 1. The van der Waals surface area contributed by atoms with E-state index in [9.17, 15) is 9.18 Å². The molecule has 1 amide bonds. The van der Waals surface area contributed by atoms with Gasteiger partial charge in [-0.3, -0.25) is 4.79 Å². The van der Waals surface area contributed by atoms with Crippen molar-refractivity contribution in [1.29, 1.82) is 0 Å². The highest BCUT2D eigenvalue weighted by Gasteiger charge is 2.32. The summed E-state index contributed by atoms with van der Waals surface area (Å²) in [6, 6.07) is 6.81. The number of rotatable bonds is 6. The summed E-state index contributed by atoms with van der Waals surface area (Å²) in [4.78, 5) is 14.3. The molecule has 0 saturated heterocycles. The smallest absolute Gasteiger partial charge is 0.249 e. The molecule has 0 radical (unpaired) electrons. The Morgan fingerprint density at radius 3 is 2.64 bits per heavy atom. The molecule has 1 aromatic carbocycles. The molecule has 2 saturated carbocycles. The average molecular weight is 305 g/mol. The molecule has 0 heterocycles. The predicted molar refractivity (Wildman–Crippen MR) is 82.8 cm³/mol. The molecule has 2 aliphatic rings. The van der Waals surface area contributed by atoms with Crippen LogP contribution in [0, 0.1) is 5.82 Å². The monoisotopic (exact) mass is 305 g/mol. The van der Waals surface area contributed by atoms with Crippen LogP contribution in [0.5, 0.6) is 0 Å². The minimum Gasteiger partial charge on any atom is -0.368 e. The first-order chi connectivity index (χ1) is 10.7. The molecule has 2 aliphatic carbocycles. The Kier molecular flexibility index (Phi) is 5.08. The quantitative estimate of drug-likeness (QED) is 0.802. The normalized spacial score (nSPS) is 19.1. The zero-order chi connectivity index (χ0) is 15.4. The summed E-state index contributed by atoms with van der Waals surface area (Å²) in [7, 11) is 0. The fourth-order valence-electron chi connectivity index (χ4n) is 3.14. The molecule has 0 aromatic heterocycles. The van der Waals surface area contributed by atoms with E-state index in [2.05, 4.69) is 0 Å². The number of carbonyl (C=O) groups excluding carboxylic acids is 1. The Morgan fingerprint density at radius 1 is 1.18 bits per heavy atom. The number of halogens is 1. The Labute approximate surface area is 131 Å². The van der Waals surface area contributed by atoms with Crippen molar-refractivity contribution in [2.45, 2.75) is 63.6 Å². The predicted octanol–water partition coefficient (Wildman–Crippen LogP) is 3.67. The molecule has 1 aromatic rings. The average Bonchev–Trinajstić information content (AvgIpc) is 3.36. The van der Waals surface area contributed by atoms with Gasteiger partial charge in [0, 0.05) is 12.6 Å². The van der Waals surface area contributed by atoms with Gasteiger partial charge in [0.05, 0.1) is 6.10 Å². The first-order valence-electron chi connectivity index (χ1n) is 8.38. The number of nitrogens with zero attached hydrogens (tertiary/aromatic N) is 1. The second-order valence-electron chi connectivity index (χ2n) is 6.45. The third-order valence-electron chi connectivity index (χ3n) is 4.54. The molecule has 22 heavy (non-hydrogen) atoms. The molecule has 120 valence electrons. The van der Waals surface area contributed by atoms with E-state index in [1.807, 2.05) is 11.0 Å². The summed E-state index contributed by atoms with van der Waals surface area (Å²) in [5.74, 6) is -0.212. The van der Waals surface area contributed by atoms with Crippen LogP contribution in [0.25, 0.3) is 0 Å². The minimum atomic E-state index is -0.251. The van der Waals surface area contributed by atoms with E-state index >= 15 is 0 Å². The largest absolute Gasteiger partial charge is 0.368 e. The second-order valence-corrected chi connectivity index (χ2v) is 6.45. The van der Waals surface area contributed by atoms with Gasteiger partial charge >= 0.3 is 0 Å². The molecular formula is C18H24FNO2. The zero-order valence-electron chi connectivity index (χ0n) is 13.0. The third-order valence-corrected chi connectivity index (χ3v) is 4.54. The Balaban J connectivity index is 1.55. The van der Waals surface area contributed by atoms with Crippen LogP contribution in [-0.4, -0.2) is 29.6 Å². The topological polar surface area (TPSA) is 29.5 Å². The first-order valence-corrected chi connectivity index (χ1v) is 8.38. The van der Waals surface area contributed by atoms with Gasteiger partial charge in [0.25, 0.3) is 0 Å². The summed E-state index contributed by atoms with van der Waals surface area (Å²) >= 11 is 0. The lowest BCUT2D eigenvalue weighted by Crippen LogP contribution is -2.36. The summed E-state index contributed by atoms with van der Waals surface area (Å²) in [6.07, 6.45) is 8.16. The Morgan fingerprint density at radius 2 is 1.95 bits per heavy atom. The molecule has 0 bridgehead atoms. The fourth-order valence-corrected chi connectivity index (χ4v) is 3.14. The summed E-state index contributed by atoms with van der Waals surface area (Å²) < 4.78 is 19.1. The molecule has 3 nitrogen and oxygen atoms in total. The Bertz CT molecular complexity index is 510. The van der Waals surface area contributed by atoms with E-state index in [0.717, 1.165) is 31.2 Å². The van der Waals surface area contributed by atoms with Crippen molar-refractivity contribution in [2.24, 2.45) is 0 Å². The van der Waals surface area contributed by atoms with Crippen molar-refractivity contribution in [3.8, 4) is 0 Å². The standard InChI is InChI=1S/C18H24FNO2/c19-15-6-4-5-14(11-15)12-20(16-9-10-16)18(21)13-22-17-7-2-1-3-8-17/h4-6,11,16-17H,1-3,7-10,12-13H2. The van der Waals surface area contributed by atoms with Crippen molar-refractivity contribution >= 4 is 5.91 Å².